The van der Waals surface area contributed by atoms with E-state index in [4.69, 9.17) is 0 Å². The highest BCUT2D eigenvalue weighted by atomic mass is 32.3. The molecule has 0 saturated carbocycles. The van der Waals surface area contributed by atoms with Crippen LogP contribution in [-0.4, -0.2) is 55.7 Å². The molecular formula is C22H17F12N2O8PS4. The zero-order valence-corrected chi connectivity index (χ0v) is 27.2. The second-order valence-corrected chi connectivity index (χ2v) is 17.7. The Morgan fingerprint density at radius 2 is 0.510 bits per heavy atom. The summed E-state index contributed by atoms with van der Waals surface area (Å²) in [5.41, 5.74) is -24.6. The molecule has 0 bridgehead atoms. The lowest BCUT2D eigenvalue weighted by Gasteiger charge is -2.18. The monoisotopic (exact) mass is 824 g/mol. The van der Waals surface area contributed by atoms with Crippen molar-refractivity contribution in [3.8, 4) is 0 Å². The molecule has 0 aromatic heterocycles. The predicted octanol–water partition coefficient (Wildman–Crippen LogP) is 4.00. The third-order valence-corrected chi connectivity index (χ3v) is 13.1. The Morgan fingerprint density at radius 1 is 0.347 bits per heavy atom. The average Bonchev–Trinajstić information content (AvgIpc) is 2.92. The number of benzene rings is 3. The smallest absolute Gasteiger partial charge is 0.202 e. The first kappa shape index (κ1) is 44.0. The summed E-state index contributed by atoms with van der Waals surface area (Å²) in [6.45, 7) is 0. The second-order valence-electron chi connectivity index (χ2n) is 8.31. The van der Waals surface area contributed by atoms with E-state index in [0.29, 0.717) is 0 Å². The maximum Gasteiger partial charge on any atom is 0.512 e. The highest BCUT2D eigenvalue weighted by Crippen LogP contribution is 2.32. The lowest BCUT2D eigenvalue weighted by Crippen LogP contribution is -2.45. The van der Waals surface area contributed by atoms with Crippen molar-refractivity contribution in [1.82, 2.24) is 8.25 Å². The van der Waals surface area contributed by atoms with Gasteiger partial charge < -0.3 is 0 Å². The van der Waals surface area contributed by atoms with Crippen molar-refractivity contribution in [2.75, 3.05) is 0 Å². The largest absolute Gasteiger partial charge is 0.512 e. The molecule has 0 unspecified atom stereocenters. The van der Waals surface area contributed by atoms with E-state index >= 15 is 0 Å². The topological polar surface area (TPSA) is 161 Å². The third kappa shape index (κ3) is 12.7. The van der Waals surface area contributed by atoms with E-state index in [0.717, 1.165) is 0 Å². The summed E-state index contributed by atoms with van der Waals surface area (Å²) < 4.78 is 217. The summed E-state index contributed by atoms with van der Waals surface area (Å²) in [5.74, 6) is 0. The molecule has 49 heavy (non-hydrogen) atoms. The Hall–Kier alpha value is -3.03. The van der Waals surface area contributed by atoms with Crippen LogP contribution in [0.25, 0.3) is 0 Å². The van der Waals surface area contributed by atoms with E-state index < -0.39 is 78.3 Å². The number of rotatable bonds is 7. The summed E-state index contributed by atoms with van der Waals surface area (Å²) in [6.07, 6.45) is 0. The van der Waals surface area contributed by atoms with Crippen LogP contribution in [0, 0.1) is 0 Å². The number of nitrogens with one attached hydrogen (secondary N) is 2. The fourth-order valence-electron chi connectivity index (χ4n) is 2.66. The van der Waals surface area contributed by atoms with Crippen LogP contribution in [0.2, 0.25) is 0 Å². The maximum atomic E-state index is 11.5. The molecule has 3 aromatic rings. The summed E-state index contributed by atoms with van der Waals surface area (Å²) >= 11 is 0. The Morgan fingerprint density at radius 3 is 0.653 bits per heavy atom. The van der Waals surface area contributed by atoms with E-state index in [1.165, 1.54) is 15.9 Å². The SMILES string of the molecule is O=S(=O)(NS(=O)(=O)C(F)(F)F)C(F)(F)F.O=S(=O)(NS(=O)(=O)C(F)(F)F)C(F)(F)F.c1ccc(P(c2ccccc2)c2ccccc2)cc1. The van der Waals surface area contributed by atoms with E-state index in [1.807, 2.05) is 0 Å². The van der Waals surface area contributed by atoms with Gasteiger partial charge in [-0.05, 0) is 23.8 Å². The minimum Gasteiger partial charge on any atom is -0.202 e. The minimum atomic E-state index is -6.60. The Kier molecular flexibility index (Phi) is 14.3. The summed E-state index contributed by atoms with van der Waals surface area (Å²) in [4.78, 5) is 0. The normalized spacial score (nSPS) is 13.5. The predicted molar refractivity (Wildman–Crippen MR) is 151 cm³/mol. The van der Waals surface area contributed by atoms with Gasteiger partial charge in [0.25, 0.3) is 0 Å². The van der Waals surface area contributed by atoms with Crippen molar-refractivity contribution in [3.63, 3.8) is 0 Å². The van der Waals surface area contributed by atoms with Crippen molar-refractivity contribution in [2.45, 2.75) is 22.0 Å². The first-order valence-electron chi connectivity index (χ1n) is 11.6. The van der Waals surface area contributed by atoms with Gasteiger partial charge in [0.1, 0.15) is 0 Å². The highest BCUT2D eigenvalue weighted by Gasteiger charge is 2.56. The van der Waals surface area contributed by atoms with Crippen molar-refractivity contribution in [2.24, 2.45) is 0 Å². The molecule has 0 atom stereocenters. The number of hydrogen-bond acceptors (Lipinski definition) is 8. The Labute approximate surface area is 271 Å². The lowest BCUT2D eigenvalue weighted by atomic mass is 10.4. The Balaban J connectivity index is 0.000000373. The molecule has 0 amide bonds. The first-order chi connectivity index (χ1) is 21.9. The molecule has 3 rings (SSSR count). The van der Waals surface area contributed by atoms with Crippen molar-refractivity contribution >= 4 is 63.9 Å². The molecule has 0 heterocycles. The molecule has 3 aromatic carbocycles. The van der Waals surface area contributed by atoms with Gasteiger partial charge in [-0.15, -0.1) is 0 Å². The highest BCUT2D eigenvalue weighted by molar-refractivity contribution is 8.06. The molecule has 0 spiro atoms. The van der Waals surface area contributed by atoms with Gasteiger partial charge in [-0.2, -0.15) is 52.7 Å². The molecule has 0 fully saturated rings. The van der Waals surface area contributed by atoms with Crippen LogP contribution in [0.4, 0.5) is 52.7 Å². The summed E-state index contributed by atoms with van der Waals surface area (Å²) in [5, 5.41) is 4.19. The maximum absolute atomic E-state index is 11.5. The first-order valence-corrected chi connectivity index (χ1v) is 18.9. The van der Waals surface area contributed by atoms with Crippen LogP contribution < -0.4 is 24.2 Å². The van der Waals surface area contributed by atoms with Crippen LogP contribution in [0.15, 0.2) is 91.0 Å². The molecule has 0 radical (unpaired) electrons. The number of sulfonamides is 4. The van der Waals surface area contributed by atoms with E-state index in [2.05, 4.69) is 91.0 Å². The van der Waals surface area contributed by atoms with Gasteiger partial charge in [-0.1, -0.05) is 99.3 Å². The van der Waals surface area contributed by atoms with Gasteiger partial charge in [0.05, 0.1) is 0 Å². The second kappa shape index (κ2) is 15.9. The number of hydrogen-bond donors (Lipinski definition) is 2. The van der Waals surface area contributed by atoms with Gasteiger partial charge >= 0.3 is 62.1 Å². The molecule has 0 aliphatic rings. The number of halogens is 12. The molecule has 0 aliphatic carbocycles. The molecular weight excluding hydrogens is 807 g/mol. The van der Waals surface area contributed by atoms with E-state index in [-0.39, 0.29) is 0 Å². The molecule has 10 nitrogen and oxygen atoms in total. The zero-order chi connectivity index (χ0) is 38.3. The van der Waals surface area contributed by atoms with Crippen LogP contribution in [0.5, 0.6) is 0 Å². The number of alkyl halides is 12. The van der Waals surface area contributed by atoms with Crippen LogP contribution >= 0.6 is 7.92 Å². The molecule has 0 aliphatic heterocycles. The lowest BCUT2D eigenvalue weighted by molar-refractivity contribution is -0.0487. The summed E-state index contributed by atoms with van der Waals surface area (Å²) in [7, 11) is -26.8. The van der Waals surface area contributed by atoms with E-state index in [1.54, 1.807) is 0 Å². The Bertz CT molecular complexity index is 1690. The molecule has 276 valence electrons. The van der Waals surface area contributed by atoms with Gasteiger partial charge in [-0.3, -0.25) is 0 Å². The van der Waals surface area contributed by atoms with E-state index in [9.17, 15) is 86.4 Å². The van der Waals surface area contributed by atoms with Gasteiger partial charge in [-0.25, -0.2) is 33.7 Å². The minimum absolute atomic E-state index is 0.446. The molecule has 27 heteroatoms. The zero-order valence-electron chi connectivity index (χ0n) is 23.0. The van der Waals surface area contributed by atoms with Gasteiger partial charge in [0.15, 0.2) is 0 Å². The van der Waals surface area contributed by atoms with Crippen molar-refractivity contribution < 1.29 is 86.4 Å². The summed E-state index contributed by atoms with van der Waals surface area (Å²) in [6, 6.07) is 32.3. The fraction of sp³-hybridized carbons (Fsp3) is 0.182. The van der Waals surface area contributed by atoms with Crippen LogP contribution in [0.3, 0.4) is 0 Å². The van der Waals surface area contributed by atoms with Crippen molar-refractivity contribution in [1.29, 1.82) is 0 Å². The van der Waals surface area contributed by atoms with Gasteiger partial charge in [0, 0.05) is 0 Å². The molecule has 0 saturated heterocycles. The van der Waals surface area contributed by atoms with Crippen molar-refractivity contribution in [3.05, 3.63) is 91.0 Å². The van der Waals surface area contributed by atoms with Crippen LogP contribution in [0.1, 0.15) is 0 Å². The van der Waals surface area contributed by atoms with Gasteiger partial charge in [0.2, 0.25) is 0 Å². The van der Waals surface area contributed by atoms with Crippen LogP contribution in [-0.2, 0) is 40.1 Å². The standard InChI is InChI=1S/C18H15P.2C2HF6NO4S2/c1-4-10-16(11-5-1)19(17-12-6-2-7-13-17)18-14-8-3-9-15-18;2*3-1(4,5)14(10,11)9-15(12,13)2(6,7)8/h1-15H;2*9H. The average molecular weight is 825 g/mol. The molecule has 2 N–H and O–H groups in total. The third-order valence-electron chi connectivity index (χ3n) is 4.70. The fourth-order valence-corrected chi connectivity index (χ4v) is 8.78. The quantitative estimate of drug-likeness (QED) is 0.267.